The van der Waals surface area contributed by atoms with Gasteiger partial charge in [-0.2, -0.15) is 0 Å². The zero-order chi connectivity index (χ0) is 31.1. The van der Waals surface area contributed by atoms with Gasteiger partial charge in [0.2, 0.25) is 11.8 Å². The summed E-state index contributed by atoms with van der Waals surface area (Å²) in [6.07, 6.45) is 0.149. The minimum absolute atomic E-state index is 0.00405. The van der Waals surface area contributed by atoms with E-state index in [2.05, 4.69) is 5.32 Å². The quantitative estimate of drug-likeness (QED) is 0.217. The van der Waals surface area contributed by atoms with Gasteiger partial charge in [0.15, 0.2) is 0 Å². The molecule has 0 aliphatic rings. The first-order valence-corrected chi connectivity index (χ1v) is 15.5. The van der Waals surface area contributed by atoms with Crippen LogP contribution in [-0.4, -0.2) is 44.8 Å². The molecule has 1 N–H and O–H groups in total. The van der Waals surface area contributed by atoms with Crippen molar-refractivity contribution < 1.29 is 22.4 Å². The first-order chi connectivity index (χ1) is 20.5. The fourth-order valence-corrected chi connectivity index (χ4v) is 6.40. The fraction of sp³-hybridized carbons (Fsp3) is 0.188. The van der Waals surface area contributed by atoms with E-state index in [1.54, 1.807) is 12.1 Å². The Morgan fingerprint density at radius 3 is 2.16 bits per heavy atom. The molecule has 0 aliphatic heterocycles. The van der Waals surface area contributed by atoms with Gasteiger partial charge in [0.1, 0.15) is 18.4 Å². The minimum atomic E-state index is -4.33. The molecule has 2 amide bonds. The number of nitrogens with one attached hydrogen (secondary N) is 1. The van der Waals surface area contributed by atoms with Gasteiger partial charge in [0, 0.05) is 25.0 Å². The Morgan fingerprint density at radius 2 is 1.53 bits per heavy atom. The van der Waals surface area contributed by atoms with E-state index in [4.69, 9.17) is 23.2 Å². The largest absolute Gasteiger partial charge is 0.357 e. The van der Waals surface area contributed by atoms with Crippen LogP contribution in [0.2, 0.25) is 10.0 Å². The lowest BCUT2D eigenvalue weighted by Gasteiger charge is -2.33. The number of anilines is 1. The molecule has 0 saturated heterocycles. The van der Waals surface area contributed by atoms with Crippen LogP contribution in [0, 0.1) is 12.7 Å². The molecule has 0 aromatic heterocycles. The van der Waals surface area contributed by atoms with Gasteiger partial charge in [-0.15, -0.1) is 0 Å². The van der Waals surface area contributed by atoms with E-state index in [-0.39, 0.29) is 33.6 Å². The summed E-state index contributed by atoms with van der Waals surface area (Å²) in [5, 5.41) is 2.89. The third-order valence-electron chi connectivity index (χ3n) is 6.85. The van der Waals surface area contributed by atoms with Crippen molar-refractivity contribution >= 4 is 50.7 Å². The molecule has 224 valence electrons. The number of nitrogens with zero attached hydrogens (tertiary/aromatic N) is 2. The van der Waals surface area contributed by atoms with Crippen molar-refractivity contribution in [3.8, 4) is 0 Å². The Kier molecular flexibility index (Phi) is 10.4. The molecule has 43 heavy (non-hydrogen) atoms. The summed E-state index contributed by atoms with van der Waals surface area (Å²) in [6, 6.07) is 24.1. The number of carbonyl (C=O) groups excluding carboxylic acids is 2. The lowest BCUT2D eigenvalue weighted by molar-refractivity contribution is -0.139. The van der Waals surface area contributed by atoms with Gasteiger partial charge in [-0.3, -0.25) is 13.9 Å². The standard InChI is InChI=1S/C32H30Cl2FN3O4S/c1-22-8-15-27(16-9-22)43(41,42)38(29-19-25(33)12-17-28(29)34)21-31(39)37(20-24-10-13-26(35)14-11-24)30(32(40)36-2)18-23-6-4-3-5-7-23/h3-17,19,30H,18,20-21H2,1-2H3,(H,36,40)/t30-/m0/s1. The molecule has 11 heteroatoms. The first kappa shape index (κ1) is 32.0. The summed E-state index contributed by atoms with van der Waals surface area (Å²) < 4.78 is 42.7. The molecule has 0 saturated carbocycles. The van der Waals surface area contributed by atoms with Gasteiger partial charge in [-0.25, -0.2) is 12.8 Å². The van der Waals surface area contributed by atoms with E-state index in [0.717, 1.165) is 15.4 Å². The fourth-order valence-electron chi connectivity index (χ4n) is 4.53. The maximum Gasteiger partial charge on any atom is 0.264 e. The summed E-state index contributed by atoms with van der Waals surface area (Å²) >= 11 is 12.7. The van der Waals surface area contributed by atoms with Crippen molar-refractivity contribution in [1.82, 2.24) is 10.2 Å². The van der Waals surface area contributed by atoms with E-state index < -0.39 is 40.2 Å². The van der Waals surface area contributed by atoms with E-state index in [9.17, 15) is 22.4 Å². The maximum absolute atomic E-state index is 14.3. The van der Waals surface area contributed by atoms with Crippen molar-refractivity contribution in [2.45, 2.75) is 30.8 Å². The third-order valence-corrected chi connectivity index (χ3v) is 9.18. The second kappa shape index (κ2) is 14.0. The predicted molar refractivity (Wildman–Crippen MR) is 167 cm³/mol. The van der Waals surface area contributed by atoms with Crippen molar-refractivity contribution in [2.24, 2.45) is 0 Å². The Morgan fingerprint density at radius 1 is 0.884 bits per heavy atom. The summed E-state index contributed by atoms with van der Waals surface area (Å²) in [6.45, 7) is 1.04. The van der Waals surface area contributed by atoms with Gasteiger partial charge < -0.3 is 10.2 Å². The van der Waals surface area contributed by atoms with Crippen LogP contribution < -0.4 is 9.62 Å². The highest BCUT2D eigenvalue weighted by molar-refractivity contribution is 7.92. The number of aryl methyl sites for hydroxylation is 1. The molecule has 0 radical (unpaired) electrons. The second-order valence-corrected chi connectivity index (χ2v) is 12.6. The molecule has 0 unspecified atom stereocenters. The van der Waals surface area contributed by atoms with Crippen LogP contribution in [0.4, 0.5) is 10.1 Å². The second-order valence-electron chi connectivity index (χ2n) is 9.89. The molecular formula is C32H30Cl2FN3O4S. The summed E-state index contributed by atoms with van der Waals surface area (Å²) in [5.74, 6) is -1.59. The number of rotatable bonds is 11. The van der Waals surface area contributed by atoms with Crippen LogP contribution in [0.5, 0.6) is 0 Å². The van der Waals surface area contributed by atoms with Crippen LogP contribution in [0.25, 0.3) is 0 Å². The van der Waals surface area contributed by atoms with E-state index in [1.165, 1.54) is 66.5 Å². The third kappa shape index (κ3) is 7.93. The molecule has 4 aromatic rings. The van der Waals surface area contributed by atoms with E-state index >= 15 is 0 Å². The number of likely N-dealkylation sites (N-methyl/N-ethyl adjacent to an activating group) is 1. The zero-order valence-corrected chi connectivity index (χ0v) is 25.8. The molecular weight excluding hydrogens is 612 g/mol. The molecule has 4 rings (SSSR count). The van der Waals surface area contributed by atoms with Crippen molar-refractivity contribution in [3.05, 3.63) is 130 Å². The highest BCUT2D eigenvalue weighted by Crippen LogP contribution is 2.33. The number of carbonyl (C=O) groups is 2. The van der Waals surface area contributed by atoms with Gasteiger partial charge in [-0.1, -0.05) is 83.4 Å². The predicted octanol–water partition coefficient (Wildman–Crippen LogP) is 6.02. The van der Waals surface area contributed by atoms with Crippen molar-refractivity contribution in [3.63, 3.8) is 0 Å². The van der Waals surface area contributed by atoms with Gasteiger partial charge in [0.05, 0.1) is 15.6 Å². The highest BCUT2D eigenvalue weighted by atomic mass is 35.5. The molecule has 0 spiro atoms. The van der Waals surface area contributed by atoms with Gasteiger partial charge >= 0.3 is 0 Å². The SMILES string of the molecule is CNC(=O)[C@H](Cc1ccccc1)N(Cc1ccc(F)cc1)C(=O)CN(c1cc(Cl)ccc1Cl)S(=O)(=O)c1ccc(C)cc1. The molecule has 1 atom stereocenters. The normalized spacial score (nSPS) is 11.9. The molecule has 7 nitrogen and oxygen atoms in total. The first-order valence-electron chi connectivity index (χ1n) is 13.3. The van der Waals surface area contributed by atoms with Crippen LogP contribution in [-0.2, 0) is 32.6 Å². The van der Waals surface area contributed by atoms with Crippen LogP contribution in [0.15, 0.2) is 102 Å². The number of hydrogen-bond acceptors (Lipinski definition) is 4. The topological polar surface area (TPSA) is 86.8 Å². The smallest absolute Gasteiger partial charge is 0.264 e. The van der Waals surface area contributed by atoms with Gasteiger partial charge in [0.25, 0.3) is 10.0 Å². The number of sulfonamides is 1. The molecule has 0 fully saturated rings. The molecule has 0 bridgehead atoms. The van der Waals surface area contributed by atoms with Crippen LogP contribution >= 0.6 is 23.2 Å². The summed E-state index contributed by atoms with van der Waals surface area (Å²) in [5.41, 5.74) is 2.19. The Hall–Kier alpha value is -3.92. The number of halogens is 3. The summed E-state index contributed by atoms with van der Waals surface area (Å²) in [7, 11) is -2.88. The Balaban J connectivity index is 1.81. The van der Waals surface area contributed by atoms with E-state index in [1.807, 2.05) is 37.3 Å². The lowest BCUT2D eigenvalue weighted by atomic mass is 10.0. The Bertz CT molecular complexity index is 1690. The number of benzene rings is 4. The minimum Gasteiger partial charge on any atom is -0.357 e. The summed E-state index contributed by atoms with van der Waals surface area (Å²) in [4.78, 5) is 28.8. The zero-order valence-electron chi connectivity index (χ0n) is 23.5. The lowest BCUT2D eigenvalue weighted by Crippen LogP contribution is -2.53. The average molecular weight is 643 g/mol. The number of amides is 2. The average Bonchev–Trinajstić information content (AvgIpc) is 3.00. The molecule has 0 heterocycles. The highest BCUT2D eigenvalue weighted by Gasteiger charge is 2.35. The molecule has 0 aliphatic carbocycles. The van der Waals surface area contributed by atoms with Crippen LogP contribution in [0.3, 0.4) is 0 Å². The maximum atomic E-state index is 14.3. The van der Waals surface area contributed by atoms with E-state index in [0.29, 0.717) is 5.56 Å². The Labute approximate surface area is 260 Å². The molecule has 4 aromatic carbocycles. The van der Waals surface area contributed by atoms with Crippen molar-refractivity contribution in [2.75, 3.05) is 17.9 Å². The van der Waals surface area contributed by atoms with Gasteiger partial charge in [-0.05, 0) is 60.5 Å². The van der Waals surface area contributed by atoms with Crippen LogP contribution in [0.1, 0.15) is 16.7 Å². The van der Waals surface area contributed by atoms with Crippen molar-refractivity contribution in [1.29, 1.82) is 0 Å². The number of hydrogen-bond donors (Lipinski definition) is 1. The monoisotopic (exact) mass is 641 g/mol.